The zero-order valence-electron chi connectivity index (χ0n) is 14.6. The summed E-state index contributed by atoms with van der Waals surface area (Å²) >= 11 is 4.71. The minimum atomic E-state index is -3.63. The molecule has 2 aromatic heterocycles. The third-order valence-electron chi connectivity index (χ3n) is 4.83. The van der Waals surface area contributed by atoms with Gasteiger partial charge in [-0.15, -0.1) is 11.3 Å². The number of rotatable bonds is 4. The first kappa shape index (κ1) is 18.7. The molecule has 27 heavy (non-hydrogen) atoms. The van der Waals surface area contributed by atoms with Crippen LogP contribution in [0.15, 0.2) is 44.4 Å². The smallest absolute Gasteiger partial charge is 0.252 e. The number of H-pyrrole nitrogens is 1. The molecule has 1 aromatic carbocycles. The Hall–Kier alpha value is -1.68. The number of amides is 1. The largest absolute Gasteiger partial charge is 0.357 e. The number of likely N-dealkylation sites (N-methyl/N-ethyl adjacent to an activating group) is 1. The van der Waals surface area contributed by atoms with Crippen molar-refractivity contribution in [2.45, 2.75) is 17.2 Å². The van der Waals surface area contributed by atoms with E-state index in [0.717, 1.165) is 48.7 Å². The first-order valence-electron chi connectivity index (χ1n) is 8.43. The highest BCUT2D eigenvalue weighted by Gasteiger charge is 2.29. The Labute approximate surface area is 170 Å². The first-order valence-corrected chi connectivity index (χ1v) is 11.5. The maximum absolute atomic E-state index is 12.8. The van der Waals surface area contributed by atoms with Crippen LogP contribution in [0.25, 0.3) is 10.9 Å². The zero-order valence-corrected chi connectivity index (χ0v) is 17.8. The molecule has 3 aromatic rings. The van der Waals surface area contributed by atoms with E-state index in [1.807, 2.05) is 18.2 Å². The van der Waals surface area contributed by atoms with Gasteiger partial charge in [0.2, 0.25) is 5.91 Å². The predicted molar refractivity (Wildman–Crippen MR) is 109 cm³/mol. The van der Waals surface area contributed by atoms with E-state index in [4.69, 9.17) is 0 Å². The number of benzene rings is 1. The summed E-state index contributed by atoms with van der Waals surface area (Å²) in [7, 11) is -2.18. The van der Waals surface area contributed by atoms with Crippen molar-refractivity contribution in [3.05, 3.63) is 51.4 Å². The molecule has 9 heteroatoms. The van der Waals surface area contributed by atoms with Crippen molar-refractivity contribution in [2.75, 3.05) is 20.1 Å². The lowest BCUT2D eigenvalue weighted by atomic mass is 10.0. The number of hydrogen-bond acceptors (Lipinski definition) is 4. The molecule has 0 fully saturated rings. The van der Waals surface area contributed by atoms with Gasteiger partial charge in [0.1, 0.15) is 4.21 Å². The molecule has 4 rings (SSSR count). The van der Waals surface area contributed by atoms with Crippen molar-refractivity contribution in [3.8, 4) is 0 Å². The number of sulfonamides is 1. The molecule has 142 valence electrons. The number of nitrogens with one attached hydrogen (secondary N) is 1. The van der Waals surface area contributed by atoms with Crippen molar-refractivity contribution in [1.82, 2.24) is 14.2 Å². The minimum absolute atomic E-state index is 0.165. The Kier molecular flexibility index (Phi) is 4.87. The van der Waals surface area contributed by atoms with Gasteiger partial charge in [0, 0.05) is 47.7 Å². The molecule has 0 aliphatic carbocycles. The molecule has 6 nitrogen and oxygen atoms in total. The molecule has 1 aliphatic heterocycles. The number of hydrogen-bond donors (Lipinski definition) is 1. The van der Waals surface area contributed by atoms with E-state index in [9.17, 15) is 13.2 Å². The second-order valence-corrected chi connectivity index (χ2v) is 10.6. The Balaban J connectivity index is 1.53. The van der Waals surface area contributed by atoms with Crippen LogP contribution in [0.2, 0.25) is 0 Å². The van der Waals surface area contributed by atoms with E-state index in [-0.39, 0.29) is 16.7 Å². The van der Waals surface area contributed by atoms with E-state index < -0.39 is 10.0 Å². The average molecular weight is 468 g/mol. The number of halogens is 1. The number of nitrogens with zero attached hydrogens (tertiary/aromatic N) is 2. The number of aromatic amines is 1. The lowest BCUT2D eigenvalue weighted by Gasteiger charge is -2.28. The number of thiophene rings is 1. The Morgan fingerprint density at radius 3 is 2.89 bits per heavy atom. The van der Waals surface area contributed by atoms with Crippen molar-refractivity contribution < 1.29 is 13.2 Å². The number of aromatic nitrogens is 1. The first-order chi connectivity index (χ1) is 12.9. The molecule has 1 aliphatic rings. The Morgan fingerprint density at radius 2 is 2.15 bits per heavy atom. The lowest BCUT2D eigenvalue weighted by Crippen LogP contribution is -2.43. The van der Waals surface area contributed by atoms with Gasteiger partial charge < -0.3 is 9.88 Å². The van der Waals surface area contributed by atoms with Crippen LogP contribution in [0.4, 0.5) is 0 Å². The van der Waals surface area contributed by atoms with Gasteiger partial charge in [-0.05, 0) is 33.4 Å². The minimum Gasteiger partial charge on any atom is -0.357 e. The highest BCUT2D eigenvalue weighted by Crippen LogP contribution is 2.32. The maximum atomic E-state index is 12.8. The summed E-state index contributed by atoms with van der Waals surface area (Å²) in [6, 6.07) is 9.24. The number of carbonyl (C=O) groups excluding carboxylic acids is 1. The molecule has 0 saturated carbocycles. The third kappa shape index (κ3) is 3.33. The summed E-state index contributed by atoms with van der Waals surface area (Å²) in [4.78, 5) is 17.9. The van der Waals surface area contributed by atoms with Crippen molar-refractivity contribution in [2.24, 2.45) is 0 Å². The second kappa shape index (κ2) is 7.05. The fraction of sp³-hybridized carbons (Fsp3) is 0.278. The summed E-state index contributed by atoms with van der Waals surface area (Å²) in [5.41, 5.74) is 3.28. The Bertz CT molecular complexity index is 1110. The number of para-hydroxylation sites is 1. The average Bonchev–Trinajstić information content (AvgIpc) is 3.30. The van der Waals surface area contributed by atoms with E-state index in [0.29, 0.717) is 13.1 Å². The van der Waals surface area contributed by atoms with E-state index in [1.165, 1.54) is 7.05 Å². The van der Waals surface area contributed by atoms with Crippen LogP contribution in [-0.2, 0) is 27.8 Å². The molecule has 0 spiro atoms. The van der Waals surface area contributed by atoms with E-state index in [2.05, 4.69) is 20.9 Å². The summed E-state index contributed by atoms with van der Waals surface area (Å²) in [5.74, 6) is -0.187. The standard InChI is InChI=1S/C18H18BrN3O3S2/c1-21(27(24,25)17-6-3-9-26-17)11-16(23)22-8-7-15-13(10-22)12-4-2-5-14(19)18(12)20-15/h2-6,9,20H,7-8,10-11H2,1H3. The van der Waals surface area contributed by atoms with Crippen LogP contribution in [-0.4, -0.2) is 48.7 Å². The van der Waals surface area contributed by atoms with Crippen LogP contribution < -0.4 is 0 Å². The van der Waals surface area contributed by atoms with Gasteiger partial charge in [-0.3, -0.25) is 4.79 Å². The molecule has 0 saturated heterocycles. The molecule has 1 N–H and O–H groups in total. The van der Waals surface area contributed by atoms with Crippen LogP contribution in [0.5, 0.6) is 0 Å². The maximum Gasteiger partial charge on any atom is 0.252 e. The molecule has 3 heterocycles. The Morgan fingerprint density at radius 1 is 1.33 bits per heavy atom. The normalized spacial score (nSPS) is 14.7. The summed E-state index contributed by atoms with van der Waals surface area (Å²) in [6.45, 7) is 0.891. The van der Waals surface area contributed by atoms with Crippen LogP contribution in [0.1, 0.15) is 11.3 Å². The molecule has 1 amide bonds. The number of carbonyl (C=O) groups is 1. The molecule has 0 radical (unpaired) electrons. The predicted octanol–water partition coefficient (Wildman–Crippen LogP) is 3.20. The van der Waals surface area contributed by atoms with Crippen molar-refractivity contribution >= 4 is 54.1 Å². The molecule has 0 unspecified atom stereocenters. The van der Waals surface area contributed by atoms with Gasteiger partial charge in [0.15, 0.2) is 0 Å². The topological polar surface area (TPSA) is 73.5 Å². The fourth-order valence-corrected chi connectivity index (χ4v) is 6.14. The second-order valence-electron chi connectivity index (χ2n) is 6.50. The highest BCUT2D eigenvalue weighted by molar-refractivity contribution is 9.10. The van der Waals surface area contributed by atoms with Gasteiger partial charge in [0.25, 0.3) is 10.0 Å². The van der Waals surface area contributed by atoms with E-state index >= 15 is 0 Å². The highest BCUT2D eigenvalue weighted by atomic mass is 79.9. The van der Waals surface area contributed by atoms with Gasteiger partial charge in [-0.25, -0.2) is 8.42 Å². The van der Waals surface area contributed by atoms with Crippen LogP contribution >= 0.6 is 27.3 Å². The SMILES string of the molecule is CN(CC(=O)N1CCc2[nH]c3c(Br)cccc3c2C1)S(=O)(=O)c1cccs1. The third-order valence-corrected chi connectivity index (χ3v) is 8.67. The number of fused-ring (bicyclic) bond motifs is 3. The summed E-state index contributed by atoms with van der Waals surface area (Å²) < 4.78 is 27.4. The zero-order chi connectivity index (χ0) is 19.2. The van der Waals surface area contributed by atoms with Crippen LogP contribution in [0.3, 0.4) is 0 Å². The van der Waals surface area contributed by atoms with Crippen molar-refractivity contribution in [1.29, 1.82) is 0 Å². The quantitative estimate of drug-likeness (QED) is 0.639. The van der Waals surface area contributed by atoms with Gasteiger partial charge in [-0.1, -0.05) is 18.2 Å². The van der Waals surface area contributed by atoms with Crippen molar-refractivity contribution in [3.63, 3.8) is 0 Å². The van der Waals surface area contributed by atoms with E-state index in [1.54, 1.807) is 22.4 Å². The molecule has 0 bridgehead atoms. The molecular weight excluding hydrogens is 450 g/mol. The van der Waals surface area contributed by atoms with Gasteiger partial charge in [-0.2, -0.15) is 4.31 Å². The monoisotopic (exact) mass is 467 g/mol. The molecule has 0 atom stereocenters. The summed E-state index contributed by atoms with van der Waals surface area (Å²) in [6.07, 6.45) is 0.726. The van der Waals surface area contributed by atoms with Gasteiger partial charge >= 0.3 is 0 Å². The lowest BCUT2D eigenvalue weighted by molar-refractivity contribution is -0.132. The van der Waals surface area contributed by atoms with Crippen LogP contribution in [0, 0.1) is 0 Å². The van der Waals surface area contributed by atoms with Gasteiger partial charge in [0.05, 0.1) is 12.1 Å². The molecular formula is C18H18BrN3O3S2. The fourth-order valence-electron chi connectivity index (χ4n) is 3.35. The summed E-state index contributed by atoms with van der Waals surface area (Å²) in [5, 5.41) is 2.81.